The van der Waals surface area contributed by atoms with Crippen molar-refractivity contribution in [3.63, 3.8) is 0 Å². The van der Waals surface area contributed by atoms with Crippen LogP contribution >= 0.6 is 0 Å². The molecule has 0 heterocycles. The number of benzene rings is 3. The number of likely N-dealkylation sites (N-methyl/N-ethyl adjacent to an activating group) is 1. The van der Waals surface area contributed by atoms with Crippen LogP contribution in [0.5, 0.6) is 11.5 Å². The van der Waals surface area contributed by atoms with Gasteiger partial charge in [-0.3, -0.25) is 0 Å². The summed E-state index contributed by atoms with van der Waals surface area (Å²) in [5.41, 5.74) is 1.15. The molecule has 3 heteroatoms. The monoisotopic (exact) mass is 321 g/mol. The summed E-state index contributed by atoms with van der Waals surface area (Å²) in [5.74, 6) is 1.79. The molecule has 0 bridgehead atoms. The van der Waals surface area contributed by atoms with E-state index in [1.54, 1.807) is 7.11 Å². The molecule has 0 atom stereocenters. The van der Waals surface area contributed by atoms with Crippen molar-refractivity contribution < 1.29 is 9.47 Å². The molecule has 3 rings (SSSR count). The van der Waals surface area contributed by atoms with E-state index in [2.05, 4.69) is 54.3 Å². The third-order valence-electron chi connectivity index (χ3n) is 4.15. The maximum atomic E-state index is 5.95. The minimum atomic E-state index is 0.642. The Morgan fingerprint density at radius 1 is 0.833 bits per heavy atom. The minimum absolute atomic E-state index is 0.642. The summed E-state index contributed by atoms with van der Waals surface area (Å²) < 4.78 is 11.3. The first-order chi connectivity index (χ1) is 11.8. The largest absolute Gasteiger partial charge is 0.497 e. The van der Waals surface area contributed by atoms with Crippen LogP contribution in [0.2, 0.25) is 0 Å². The average Bonchev–Trinajstić information content (AvgIpc) is 2.65. The van der Waals surface area contributed by atoms with Gasteiger partial charge in [0.1, 0.15) is 18.1 Å². The molecule has 0 saturated heterocycles. The molecule has 0 saturated carbocycles. The molecular formula is C21H23NO2. The number of hydrogen-bond donors (Lipinski definition) is 0. The van der Waals surface area contributed by atoms with Crippen molar-refractivity contribution in [1.82, 2.24) is 0 Å². The zero-order chi connectivity index (χ0) is 16.8. The SMILES string of the molecule is CCN(CCOc1ccc2ccccc2c1)c1cccc(OC)c1. The van der Waals surface area contributed by atoms with Gasteiger partial charge >= 0.3 is 0 Å². The third kappa shape index (κ3) is 3.80. The lowest BCUT2D eigenvalue weighted by atomic mass is 10.1. The topological polar surface area (TPSA) is 21.7 Å². The first-order valence-corrected chi connectivity index (χ1v) is 8.31. The molecule has 3 nitrogen and oxygen atoms in total. The molecule has 0 aromatic heterocycles. The fourth-order valence-corrected chi connectivity index (χ4v) is 2.81. The average molecular weight is 321 g/mol. The van der Waals surface area contributed by atoms with Gasteiger partial charge in [-0.1, -0.05) is 36.4 Å². The van der Waals surface area contributed by atoms with Gasteiger partial charge < -0.3 is 14.4 Å². The Morgan fingerprint density at radius 3 is 2.46 bits per heavy atom. The molecule has 0 N–H and O–H groups in total. The van der Waals surface area contributed by atoms with Crippen LogP contribution in [0, 0.1) is 0 Å². The van der Waals surface area contributed by atoms with Crippen molar-refractivity contribution in [3.05, 3.63) is 66.7 Å². The fourth-order valence-electron chi connectivity index (χ4n) is 2.81. The normalized spacial score (nSPS) is 10.6. The Balaban J connectivity index is 1.62. The van der Waals surface area contributed by atoms with E-state index in [0.717, 1.165) is 30.3 Å². The van der Waals surface area contributed by atoms with E-state index in [1.165, 1.54) is 10.8 Å². The highest BCUT2D eigenvalue weighted by atomic mass is 16.5. The zero-order valence-corrected chi connectivity index (χ0v) is 14.2. The molecule has 0 unspecified atom stereocenters. The Morgan fingerprint density at radius 2 is 1.67 bits per heavy atom. The van der Waals surface area contributed by atoms with Crippen molar-refractivity contribution in [2.45, 2.75) is 6.92 Å². The van der Waals surface area contributed by atoms with Crippen LogP contribution in [0.3, 0.4) is 0 Å². The van der Waals surface area contributed by atoms with Gasteiger partial charge in [-0.2, -0.15) is 0 Å². The summed E-state index contributed by atoms with van der Waals surface area (Å²) in [6.45, 7) is 4.55. The van der Waals surface area contributed by atoms with Crippen molar-refractivity contribution in [1.29, 1.82) is 0 Å². The van der Waals surface area contributed by atoms with E-state index in [0.29, 0.717) is 6.61 Å². The molecule has 0 aliphatic carbocycles. The zero-order valence-electron chi connectivity index (χ0n) is 14.2. The summed E-state index contributed by atoms with van der Waals surface area (Å²) in [4.78, 5) is 2.28. The van der Waals surface area contributed by atoms with Gasteiger partial charge in [0.25, 0.3) is 0 Å². The second kappa shape index (κ2) is 7.73. The van der Waals surface area contributed by atoms with Crippen LogP contribution < -0.4 is 14.4 Å². The number of hydrogen-bond acceptors (Lipinski definition) is 3. The van der Waals surface area contributed by atoms with E-state index >= 15 is 0 Å². The van der Waals surface area contributed by atoms with Crippen LogP contribution in [0.25, 0.3) is 10.8 Å². The summed E-state index contributed by atoms with van der Waals surface area (Å²) in [7, 11) is 1.69. The Hall–Kier alpha value is -2.68. The van der Waals surface area contributed by atoms with Crippen molar-refractivity contribution in [2.24, 2.45) is 0 Å². The number of nitrogens with zero attached hydrogens (tertiary/aromatic N) is 1. The molecule has 0 amide bonds. The highest BCUT2D eigenvalue weighted by Crippen LogP contribution is 2.22. The molecule has 0 fully saturated rings. The predicted molar refractivity (Wildman–Crippen MR) is 100 cm³/mol. The van der Waals surface area contributed by atoms with Crippen LogP contribution in [0.15, 0.2) is 66.7 Å². The van der Waals surface area contributed by atoms with E-state index in [9.17, 15) is 0 Å². The molecule has 0 aliphatic rings. The van der Waals surface area contributed by atoms with Crippen LogP contribution in [-0.2, 0) is 0 Å². The lowest BCUT2D eigenvalue weighted by Gasteiger charge is -2.23. The maximum Gasteiger partial charge on any atom is 0.120 e. The Kier molecular flexibility index (Phi) is 5.22. The van der Waals surface area contributed by atoms with E-state index < -0.39 is 0 Å². The smallest absolute Gasteiger partial charge is 0.120 e. The quantitative estimate of drug-likeness (QED) is 0.626. The standard InChI is InChI=1S/C21H23NO2/c1-3-22(19-9-6-10-20(16-19)23-2)13-14-24-21-12-11-17-7-4-5-8-18(17)15-21/h4-12,15-16H,3,13-14H2,1-2H3. The van der Waals surface area contributed by atoms with Crippen LogP contribution in [-0.4, -0.2) is 26.8 Å². The molecule has 3 aromatic rings. The van der Waals surface area contributed by atoms with E-state index in [4.69, 9.17) is 9.47 Å². The van der Waals surface area contributed by atoms with Gasteiger partial charge in [0.2, 0.25) is 0 Å². The van der Waals surface area contributed by atoms with Gasteiger partial charge in [-0.05, 0) is 42.0 Å². The molecule has 0 spiro atoms. The highest BCUT2D eigenvalue weighted by Gasteiger charge is 2.06. The van der Waals surface area contributed by atoms with Gasteiger partial charge in [-0.25, -0.2) is 0 Å². The van der Waals surface area contributed by atoms with Gasteiger partial charge in [0.15, 0.2) is 0 Å². The number of ether oxygens (including phenoxy) is 2. The number of fused-ring (bicyclic) bond motifs is 1. The highest BCUT2D eigenvalue weighted by molar-refractivity contribution is 5.83. The molecule has 0 aliphatic heterocycles. The summed E-state index contributed by atoms with van der Waals surface area (Å²) in [5, 5.41) is 2.44. The summed E-state index contributed by atoms with van der Waals surface area (Å²) >= 11 is 0. The van der Waals surface area contributed by atoms with E-state index in [1.807, 2.05) is 24.3 Å². The van der Waals surface area contributed by atoms with Gasteiger partial charge in [0.05, 0.1) is 13.7 Å². The van der Waals surface area contributed by atoms with Crippen molar-refractivity contribution in [3.8, 4) is 11.5 Å². The Labute approximate surface area is 143 Å². The van der Waals surface area contributed by atoms with Crippen molar-refractivity contribution in [2.75, 3.05) is 31.7 Å². The lowest BCUT2D eigenvalue weighted by molar-refractivity contribution is 0.324. The third-order valence-corrected chi connectivity index (χ3v) is 4.15. The molecule has 3 aromatic carbocycles. The second-order valence-corrected chi connectivity index (χ2v) is 5.64. The van der Waals surface area contributed by atoms with Crippen LogP contribution in [0.4, 0.5) is 5.69 Å². The van der Waals surface area contributed by atoms with Crippen molar-refractivity contribution >= 4 is 16.5 Å². The lowest BCUT2D eigenvalue weighted by Crippen LogP contribution is -2.28. The second-order valence-electron chi connectivity index (χ2n) is 5.64. The van der Waals surface area contributed by atoms with Crippen LogP contribution in [0.1, 0.15) is 6.92 Å². The minimum Gasteiger partial charge on any atom is -0.497 e. The summed E-state index contributed by atoms with van der Waals surface area (Å²) in [6.07, 6.45) is 0. The first-order valence-electron chi connectivity index (χ1n) is 8.31. The van der Waals surface area contributed by atoms with Gasteiger partial charge in [0, 0.05) is 18.3 Å². The predicted octanol–water partition coefficient (Wildman–Crippen LogP) is 4.75. The maximum absolute atomic E-state index is 5.95. The molecule has 24 heavy (non-hydrogen) atoms. The molecular weight excluding hydrogens is 298 g/mol. The Bertz CT molecular complexity index is 800. The first kappa shape index (κ1) is 16.2. The number of anilines is 1. The number of methoxy groups -OCH3 is 1. The number of rotatable bonds is 7. The van der Waals surface area contributed by atoms with E-state index in [-0.39, 0.29) is 0 Å². The van der Waals surface area contributed by atoms with Gasteiger partial charge in [-0.15, -0.1) is 0 Å². The summed E-state index contributed by atoms with van der Waals surface area (Å²) in [6, 6.07) is 22.7. The fraction of sp³-hybridized carbons (Fsp3) is 0.238. The molecule has 0 radical (unpaired) electrons. The molecule has 124 valence electrons.